The van der Waals surface area contributed by atoms with Crippen molar-refractivity contribution in [2.45, 2.75) is 13.8 Å². The minimum Gasteiger partial charge on any atom is -0.455 e. The average molecular weight is 270 g/mol. The van der Waals surface area contributed by atoms with E-state index in [4.69, 9.17) is 10.5 Å². The molecule has 0 aromatic heterocycles. The van der Waals surface area contributed by atoms with E-state index in [0.717, 1.165) is 11.1 Å². The number of rotatable bonds is 3. The van der Waals surface area contributed by atoms with Crippen LogP contribution in [0.3, 0.4) is 0 Å². The topological polar surface area (TPSA) is 64.4 Å². The zero-order chi connectivity index (χ0) is 14.7. The largest absolute Gasteiger partial charge is 0.455 e. The maximum absolute atomic E-state index is 11.6. The van der Waals surface area contributed by atoms with Crippen molar-refractivity contribution in [1.82, 2.24) is 5.32 Å². The molecule has 2 aromatic carbocycles. The van der Waals surface area contributed by atoms with Crippen LogP contribution in [0.5, 0.6) is 11.5 Å². The zero-order valence-corrected chi connectivity index (χ0v) is 11.9. The molecular weight excluding hydrogens is 252 g/mol. The van der Waals surface area contributed by atoms with Crippen LogP contribution >= 0.6 is 0 Å². The molecule has 0 saturated carbocycles. The molecule has 2 aromatic rings. The van der Waals surface area contributed by atoms with Crippen LogP contribution in [0.15, 0.2) is 36.4 Å². The first-order chi connectivity index (χ1) is 9.49. The van der Waals surface area contributed by atoms with Crippen molar-refractivity contribution in [3.63, 3.8) is 0 Å². The highest BCUT2D eigenvalue weighted by Crippen LogP contribution is 2.29. The van der Waals surface area contributed by atoms with Crippen LogP contribution in [0.4, 0.5) is 5.69 Å². The molecule has 3 N–H and O–H groups in total. The molecule has 0 aliphatic rings. The fourth-order valence-corrected chi connectivity index (χ4v) is 2.03. The summed E-state index contributed by atoms with van der Waals surface area (Å²) in [7, 11) is 1.59. The van der Waals surface area contributed by atoms with Crippen molar-refractivity contribution < 1.29 is 9.53 Å². The lowest BCUT2D eigenvalue weighted by atomic mass is 10.1. The van der Waals surface area contributed by atoms with Gasteiger partial charge in [-0.15, -0.1) is 0 Å². The quantitative estimate of drug-likeness (QED) is 0.842. The van der Waals surface area contributed by atoms with E-state index >= 15 is 0 Å². The smallest absolute Gasteiger partial charge is 0.251 e. The summed E-state index contributed by atoms with van der Waals surface area (Å²) in [6.07, 6.45) is 0. The molecule has 0 aliphatic carbocycles. The monoisotopic (exact) mass is 270 g/mol. The molecule has 0 bridgehead atoms. The van der Waals surface area contributed by atoms with Gasteiger partial charge in [-0.2, -0.15) is 0 Å². The van der Waals surface area contributed by atoms with E-state index in [9.17, 15) is 4.79 Å². The Bertz CT molecular complexity index is 631. The van der Waals surface area contributed by atoms with E-state index in [1.54, 1.807) is 25.2 Å². The number of carbonyl (C=O) groups excluding carboxylic acids is 1. The Morgan fingerprint density at radius 3 is 2.35 bits per heavy atom. The SMILES string of the molecule is CNC(=O)c1ccc(N)c(Oc2cc(C)cc(C)c2)c1. The first-order valence-electron chi connectivity index (χ1n) is 6.37. The van der Waals surface area contributed by atoms with Crippen LogP contribution in [0.2, 0.25) is 0 Å². The summed E-state index contributed by atoms with van der Waals surface area (Å²) in [6.45, 7) is 4.01. The van der Waals surface area contributed by atoms with Gasteiger partial charge in [-0.1, -0.05) is 6.07 Å². The highest BCUT2D eigenvalue weighted by atomic mass is 16.5. The van der Waals surface area contributed by atoms with Gasteiger partial charge in [0.25, 0.3) is 5.91 Å². The van der Waals surface area contributed by atoms with Gasteiger partial charge in [-0.3, -0.25) is 4.79 Å². The lowest BCUT2D eigenvalue weighted by Gasteiger charge is -2.11. The number of benzene rings is 2. The number of anilines is 1. The van der Waals surface area contributed by atoms with E-state index in [1.165, 1.54) is 0 Å². The van der Waals surface area contributed by atoms with Crippen LogP contribution < -0.4 is 15.8 Å². The molecule has 0 radical (unpaired) electrons. The number of hydrogen-bond donors (Lipinski definition) is 2. The summed E-state index contributed by atoms with van der Waals surface area (Å²) in [6, 6.07) is 10.9. The standard InChI is InChI=1S/C16H18N2O2/c1-10-6-11(2)8-13(7-10)20-15-9-12(16(19)18-3)4-5-14(15)17/h4-9H,17H2,1-3H3,(H,18,19). The van der Waals surface area contributed by atoms with Crippen molar-refractivity contribution in [3.8, 4) is 11.5 Å². The van der Waals surface area contributed by atoms with Crippen LogP contribution in [-0.2, 0) is 0 Å². The molecule has 0 saturated heterocycles. The number of nitrogen functional groups attached to an aromatic ring is 1. The third kappa shape index (κ3) is 3.09. The lowest BCUT2D eigenvalue weighted by molar-refractivity contribution is 0.0963. The summed E-state index contributed by atoms with van der Waals surface area (Å²) in [5.41, 5.74) is 9.13. The number of amides is 1. The zero-order valence-electron chi connectivity index (χ0n) is 11.9. The Labute approximate surface area is 118 Å². The van der Waals surface area contributed by atoms with E-state index in [0.29, 0.717) is 22.7 Å². The molecule has 2 rings (SSSR count). The lowest BCUT2D eigenvalue weighted by Crippen LogP contribution is -2.17. The first kappa shape index (κ1) is 13.9. The number of nitrogens with one attached hydrogen (secondary N) is 1. The molecule has 0 atom stereocenters. The highest BCUT2D eigenvalue weighted by molar-refractivity contribution is 5.95. The summed E-state index contributed by atoms with van der Waals surface area (Å²) >= 11 is 0. The van der Waals surface area contributed by atoms with Gasteiger partial charge in [-0.05, 0) is 55.3 Å². The summed E-state index contributed by atoms with van der Waals surface area (Å²) < 4.78 is 5.80. The van der Waals surface area contributed by atoms with Crippen molar-refractivity contribution in [3.05, 3.63) is 53.1 Å². The van der Waals surface area contributed by atoms with Crippen molar-refractivity contribution in [1.29, 1.82) is 0 Å². The molecule has 104 valence electrons. The molecule has 4 nitrogen and oxygen atoms in total. The number of aryl methyl sites for hydroxylation is 2. The van der Waals surface area contributed by atoms with Crippen LogP contribution in [0.25, 0.3) is 0 Å². The first-order valence-corrected chi connectivity index (χ1v) is 6.37. The molecular formula is C16H18N2O2. The Morgan fingerprint density at radius 1 is 1.10 bits per heavy atom. The summed E-state index contributed by atoms with van der Waals surface area (Å²) in [4.78, 5) is 11.6. The van der Waals surface area contributed by atoms with Crippen LogP contribution in [0, 0.1) is 13.8 Å². The van der Waals surface area contributed by atoms with Gasteiger partial charge in [0.15, 0.2) is 5.75 Å². The van der Waals surface area contributed by atoms with Gasteiger partial charge in [0.05, 0.1) is 5.69 Å². The molecule has 1 amide bonds. The molecule has 4 heteroatoms. The second kappa shape index (κ2) is 5.65. The van der Waals surface area contributed by atoms with E-state index in [1.807, 2.05) is 26.0 Å². The van der Waals surface area contributed by atoms with E-state index in [2.05, 4.69) is 11.4 Å². The maximum Gasteiger partial charge on any atom is 0.251 e. The minimum absolute atomic E-state index is 0.171. The fourth-order valence-electron chi connectivity index (χ4n) is 2.03. The Balaban J connectivity index is 2.34. The van der Waals surface area contributed by atoms with E-state index < -0.39 is 0 Å². The fraction of sp³-hybridized carbons (Fsp3) is 0.188. The van der Waals surface area contributed by atoms with Gasteiger partial charge in [-0.25, -0.2) is 0 Å². The number of hydrogen-bond acceptors (Lipinski definition) is 3. The van der Waals surface area contributed by atoms with Gasteiger partial charge < -0.3 is 15.8 Å². The Kier molecular flexibility index (Phi) is 3.94. The van der Waals surface area contributed by atoms with Gasteiger partial charge in [0.2, 0.25) is 0 Å². The molecule has 0 spiro atoms. The molecule has 0 heterocycles. The number of nitrogens with two attached hydrogens (primary N) is 1. The molecule has 0 fully saturated rings. The highest BCUT2D eigenvalue weighted by Gasteiger charge is 2.09. The molecule has 20 heavy (non-hydrogen) atoms. The van der Waals surface area contributed by atoms with Gasteiger partial charge in [0, 0.05) is 12.6 Å². The summed E-state index contributed by atoms with van der Waals surface area (Å²) in [5.74, 6) is 1.02. The molecule has 0 unspecified atom stereocenters. The predicted molar refractivity (Wildman–Crippen MR) is 80.2 cm³/mol. The minimum atomic E-state index is -0.171. The van der Waals surface area contributed by atoms with Crippen molar-refractivity contribution in [2.75, 3.05) is 12.8 Å². The maximum atomic E-state index is 11.6. The van der Waals surface area contributed by atoms with Crippen LogP contribution in [0.1, 0.15) is 21.5 Å². The number of ether oxygens (including phenoxy) is 1. The van der Waals surface area contributed by atoms with Crippen molar-refractivity contribution in [2.24, 2.45) is 0 Å². The normalized spacial score (nSPS) is 10.2. The van der Waals surface area contributed by atoms with E-state index in [-0.39, 0.29) is 5.91 Å². The van der Waals surface area contributed by atoms with Crippen molar-refractivity contribution >= 4 is 11.6 Å². The third-order valence-corrected chi connectivity index (χ3v) is 2.93. The predicted octanol–water partition coefficient (Wildman–Crippen LogP) is 3.04. The molecule has 0 aliphatic heterocycles. The van der Waals surface area contributed by atoms with Crippen LogP contribution in [-0.4, -0.2) is 13.0 Å². The average Bonchev–Trinajstić information content (AvgIpc) is 2.39. The third-order valence-electron chi connectivity index (χ3n) is 2.93. The van der Waals surface area contributed by atoms with Gasteiger partial charge >= 0.3 is 0 Å². The Morgan fingerprint density at radius 2 is 1.75 bits per heavy atom. The second-order valence-electron chi connectivity index (χ2n) is 4.76. The summed E-state index contributed by atoms with van der Waals surface area (Å²) in [5, 5.41) is 2.57. The Hall–Kier alpha value is -2.49. The number of carbonyl (C=O) groups is 1. The second-order valence-corrected chi connectivity index (χ2v) is 4.76. The van der Waals surface area contributed by atoms with Gasteiger partial charge in [0.1, 0.15) is 5.75 Å².